The molecule has 0 radical (unpaired) electrons. The first-order chi connectivity index (χ1) is 11.7. The Hall–Kier alpha value is -2.34. The monoisotopic (exact) mass is 341 g/mol. The van der Waals surface area contributed by atoms with Gasteiger partial charge in [0.05, 0.1) is 23.8 Å². The van der Waals surface area contributed by atoms with Crippen LogP contribution in [0, 0.1) is 0 Å². The second-order valence-electron chi connectivity index (χ2n) is 5.41. The highest BCUT2D eigenvalue weighted by atomic mass is 32.2. The number of furan rings is 1. The van der Waals surface area contributed by atoms with Crippen molar-refractivity contribution in [3.05, 3.63) is 60.1 Å². The molecule has 1 amide bonds. The van der Waals surface area contributed by atoms with E-state index in [1.807, 2.05) is 56.3 Å². The fourth-order valence-corrected chi connectivity index (χ4v) is 3.35. The average molecular weight is 341 g/mol. The third kappa shape index (κ3) is 3.59. The van der Waals surface area contributed by atoms with Crippen LogP contribution in [0.15, 0.2) is 63.3 Å². The SMILES string of the molecule is CCC(=NN=C1S[C@@H](C)C(=O)N1Cc1ccco1)c1ccccc1. The van der Waals surface area contributed by atoms with E-state index < -0.39 is 0 Å². The molecule has 0 bridgehead atoms. The van der Waals surface area contributed by atoms with E-state index in [0.717, 1.165) is 23.5 Å². The van der Waals surface area contributed by atoms with Gasteiger partial charge in [-0.1, -0.05) is 49.0 Å². The minimum absolute atomic E-state index is 0.0307. The van der Waals surface area contributed by atoms with Crippen molar-refractivity contribution in [1.29, 1.82) is 0 Å². The van der Waals surface area contributed by atoms with Gasteiger partial charge in [-0.05, 0) is 31.0 Å². The normalized spacial score (nSPS) is 20.2. The molecule has 0 unspecified atom stereocenters. The molecule has 5 nitrogen and oxygen atoms in total. The van der Waals surface area contributed by atoms with Gasteiger partial charge in [0.1, 0.15) is 5.76 Å². The molecule has 2 aromatic rings. The summed E-state index contributed by atoms with van der Waals surface area (Å²) in [6.45, 7) is 4.30. The Labute approximate surface area is 145 Å². The van der Waals surface area contributed by atoms with Crippen LogP contribution < -0.4 is 0 Å². The lowest BCUT2D eigenvalue weighted by Crippen LogP contribution is -2.30. The van der Waals surface area contributed by atoms with Crippen molar-refractivity contribution in [2.45, 2.75) is 32.1 Å². The van der Waals surface area contributed by atoms with E-state index in [0.29, 0.717) is 11.7 Å². The van der Waals surface area contributed by atoms with Gasteiger partial charge in [0, 0.05) is 0 Å². The summed E-state index contributed by atoms with van der Waals surface area (Å²) in [6, 6.07) is 13.6. The van der Waals surface area contributed by atoms with Crippen LogP contribution in [0.1, 0.15) is 31.6 Å². The molecule has 1 aliphatic heterocycles. The highest BCUT2D eigenvalue weighted by Crippen LogP contribution is 2.28. The third-order valence-electron chi connectivity index (χ3n) is 3.72. The lowest BCUT2D eigenvalue weighted by molar-refractivity contribution is -0.126. The molecule has 0 aliphatic carbocycles. The molecule has 0 spiro atoms. The van der Waals surface area contributed by atoms with Gasteiger partial charge in [-0.2, -0.15) is 5.10 Å². The molecule has 2 heterocycles. The number of amidine groups is 1. The number of hydrogen-bond acceptors (Lipinski definition) is 5. The Morgan fingerprint density at radius 1 is 1.25 bits per heavy atom. The van der Waals surface area contributed by atoms with Gasteiger partial charge >= 0.3 is 0 Å². The van der Waals surface area contributed by atoms with Gasteiger partial charge in [0.25, 0.3) is 0 Å². The maximum atomic E-state index is 12.4. The molecule has 1 saturated heterocycles. The summed E-state index contributed by atoms with van der Waals surface area (Å²) in [5, 5.41) is 9.23. The molecular formula is C18H19N3O2S. The quantitative estimate of drug-likeness (QED) is 0.612. The Balaban J connectivity index is 1.86. The van der Waals surface area contributed by atoms with Crippen LogP contribution in [0.5, 0.6) is 0 Å². The number of carbonyl (C=O) groups is 1. The molecule has 0 saturated carbocycles. The number of carbonyl (C=O) groups excluding carboxylic acids is 1. The van der Waals surface area contributed by atoms with E-state index in [1.54, 1.807) is 11.2 Å². The molecule has 1 aromatic heterocycles. The highest BCUT2D eigenvalue weighted by molar-refractivity contribution is 8.15. The minimum Gasteiger partial charge on any atom is -0.467 e. The summed E-state index contributed by atoms with van der Waals surface area (Å²) in [4.78, 5) is 14.0. The van der Waals surface area contributed by atoms with E-state index >= 15 is 0 Å². The molecule has 3 rings (SSSR count). The van der Waals surface area contributed by atoms with Crippen LogP contribution in [0.3, 0.4) is 0 Å². The van der Waals surface area contributed by atoms with Gasteiger partial charge in [-0.3, -0.25) is 9.69 Å². The van der Waals surface area contributed by atoms with E-state index in [9.17, 15) is 4.79 Å². The maximum Gasteiger partial charge on any atom is 0.242 e. The molecule has 124 valence electrons. The Kier molecular flexibility index (Phi) is 5.15. The van der Waals surface area contributed by atoms with E-state index in [4.69, 9.17) is 4.42 Å². The zero-order chi connectivity index (χ0) is 16.9. The molecule has 1 aliphatic rings. The fraction of sp³-hybridized carbons (Fsp3) is 0.278. The smallest absolute Gasteiger partial charge is 0.242 e. The molecular weight excluding hydrogens is 322 g/mol. The zero-order valence-corrected chi connectivity index (χ0v) is 14.5. The summed E-state index contributed by atoms with van der Waals surface area (Å²) >= 11 is 1.43. The van der Waals surface area contributed by atoms with Crippen molar-refractivity contribution < 1.29 is 9.21 Å². The number of thioether (sulfide) groups is 1. The van der Waals surface area contributed by atoms with Crippen LogP contribution in [0.2, 0.25) is 0 Å². The first kappa shape index (κ1) is 16.5. The van der Waals surface area contributed by atoms with E-state index in [-0.39, 0.29) is 11.2 Å². The summed E-state index contributed by atoms with van der Waals surface area (Å²) in [5.74, 6) is 0.761. The Morgan fingerprint density at radius 3 is 2.71 bits per heavy atom. The fourth-order valence-electron chi connectivity index (χ4n) is 2.43. The molecule has 24 heavy (non-hydrogen) atoms. The lowest BCUT2D eigenvalue weighted by Gasteiger charge is -2.13. The Morgan fingerprint density at radius 2 is 2.04 bits per heavy atom. The molecule has 1 fully saturated rings. The number of benzene rings is 1. The van der Waals surface area contributed by atoms with Crippen LogP contribution in [0.4, 0.5) is 0 Å². The van der Waals surface area contributed by atoms with Gasteiger partial charge in [0.15, 0.2) is 5.17 Å². The van der Waals surface area contributed by atoms with Crippen molar-refractivity contribution in [3.63, 3.8) is 0 Å². The summed E-state index contributed by atoms with van der Waals surface area (Å²) < 4.78 is 5.35. The Bertz CT molecular complexity index is 754. The van der Waals surface area contributed by atoms with Gasteiger partial charge in [-0.15, -0.1) is 5.10 Å². The largest absolute Gasteiger partial charge is 0.467 e. The van der Waals surface area contributed by atoms with Gasteiger partial charge in [-0.25, -0.2) is 0 Å². The van der Waals surface area contributed by atoms with E-state index in [1.165, 1.54) is 11.8 Å². The topological polar surface area (TPSA) is 58.2 Å². The standard InChI is InChI=1S/C18H19N3O2S/c1-3-16(14-8-5-4-6-9-14)19-20-18-21(17(22)13(2)24-18)12-15-10-7-11-23-15/h4-11,13H,3,12H2,1-2H3/t13-/m0/s1. The van der Waals surface area contributed by atoms with Crippen molar-refractivity contribution in [1.82, 2.24) is 4.90 Å². The van der Waals surface area contributed by atoms with Gasteiger partial charge in [0.2, 0.25) is 5.91 Å². The number of hydrogen-bond donors (Lipinski definition) is 0. The second kappa shape index (κ2) is 7.49. The minimum atomic E-state index is -0.157. The van der Waals surface area contributed by atoms with Crippen LogP contribution in [-0.2, 0) is 11.3 Å². The summed E-state index contributed by atoms with van der Waals surface area (Å²) in [7, 11) is 0. The lowest BCUT2D eigenvalue weighted by atomic mass is 10.1. The predicted molar refractivity (Wildman–Crippen MR) is 97.0 cm³/mol. The van der Waals surface area contributed by atoms with E-state index in [2.05, 4.69) is 10.2 Å². The molecule has 6 heteroatoms. The first-order valence-electron chi connectivity index (χ1n) is 7.89. The molecule has 1 aromatic carbocycles. The number of amides is 1. The highest BCUT2D eigenvalue weighted by Gasteiger charge is 2.35. The third-order valence-corrected chi connectivity index (χ3v) is 4.79. The summed E-state index contributed by atoms with van der Waals surface area (Å²) in [5.41, 5.74) is 1.94. The van der Waals surface area contributed by atoms with Crippen molar-refractivity contribution >= 4 is 28.5 Å². The average Bonchev–Trinajstić information content (AvgIpc) is 3.21. The van der Waals surface area contributed by atoms with Gasteiger partial charge < -0.3 is 4.42 Å². The predicted octanol–water partition coefficient (Wildman–Crippen LogP) is 3.91. The number of rotatable bonds is 5. The molecule has 1 atom stereocenters. The van der Waals surface area contributed by atoms with Crippen molar-refractivity contribution in [2.75, 3.05) is 0 Å². The van der Waals surface area contributed by atoms with Crippen LogP contribution >= 0.6 is 11.8 Å². The van der Waals surface area contributed by atoms with Crippen molar-refractivity contribution in [2.24, 2.45) is 10.2 Å². The first-order valence-corrected chi connectivity index (χ1v) is 8.77. The maximum absolute atomic E-state index is 12.4. The number of nitrogens with zero attached hydrogens (tertiary/aromatic N) is 3. The van der Waals surface area contributed by atoms with Crippen LogP contribution in [-0.4, -0.2) is 26.9 Å². The second-order valence-corrected chi connectivity index (χ2v) is 6.72. The van der Waals surface area contributed by atoms with Crippen LogP contribution in [0.25, 0.3) is 0 Å². The summed E-state index contributed by atoms with van der Waals surface area (Å²) in [6.07, 6.45) is 2.37. The zero-order valence-electron chi connectivity index (χ0n) is 13.7. The van der Waals surface area contributed by atoms with Crippen molar-refractivity contribution in [3.8, 4) is 0 Å². The molecule has 0 N–H and O–H groups in total.